The average molecular weight is 417 g/mol. The molecular formula is C28H32O3. The van der Waals surface area contributed by atoms with Crippen molar-refractivity contribution in [3.8, 4) is 0 Å². The molecule has 2 unspecified atom stereocenters. The summed E-state index contributed by atoms with van der Waals surface area (Å²) in [6.07, 6.45) is 3.76. The summed E-state index contributed by atoms with van der Waals surface area (Å²) in [5.74, 6) is -0.669. The Bertz CT molecular complexity index is 985. The van der Waals surface area contributed by atoms with E-state index >= 15 is 0 Å². The molecule has 0 amide bonds. The number of rotatable bonds is 7. The minimum atomic E-state index is -1.31. The number of hydrogen-bond acceptors (Lipinski definition) is 3. The Balaban J connectivity index is 2.41. The van der Waals surface area contributed by atoms with E-state index < -0.39 is 11.4 Å². The molecule has 0 bridgehead atoms. The Kier molecular flexibility index (Phi) is 7.27. The summed E-state index contributed by atoms with van der Waals surface area (Å²) in [5.41, 5.74) is 3.47. The van der Waals surface area contributed by atoms with E-state index in [1.807, 2.05) is 68.5 Å². The zero-order chi connectivity index (χ0) is 22.4. The number of esters is 1. The third-order valence-electron chi connectivity index (χ3n) is 6.34. The Hall–Kier alpha value is -2.94. The van der Waals surface area contributed by atoms with Crippen LogP contribution >= 0.6 is 0 Å². The highest BCUT2D eigenvalue weighted by molar-refractivity contribution is 6.17. The lowest BCUT2D eigenvalue weighted by atomic mass is 9.58. The molecule has 0 heterocycles. The number of carbonyl (C=O) groups excluding carboxylic acids is 2. The van der Waals surface area contributed by atoms with Crippen molar-refractivity contribution < 1.29 is 14.3 Å². The van der Waals surface area contributed by atoms with Gasteiger partial charge in [-0.2, -0.15) is 0 Å². The molecule has 2 aromatic rings. The Morgan fingerprint density at radius 1 is 0.935 bits per heavy atom. The first-order valence-electron chi connectivity index (χ1n) is 11.3. The first kappa shape index (κ1) is 22.7. The quantitative estimate of drug-likeness (QED) is 0.381. The highest BCUT2D eigenvalue weighted by atomic mass is 16.5. The van der Waals surface area contributed by atoms with E-state index in [-0.39, 0.29) is 18.3 Å². The van der Waals surface area contributed by atoms with Gasteiger partial charge in [0.25, 0.3) is 0 Å². The summed E-state index contributed by atoms with van der Waals surface area (Å²) in [6.45, 7) is 8.05. The van der Waals surface area contributed by atoms with Crippen molar-refractivity contribution in [2.75, 3.05) is 6.61 Å². The Morgan fingerprint density at radius 2 is 1.55 bits per heavy atom. The van der Waals surface area contributed by atoms with Crippen LogP contribution in [0.1, 0.15) is 64.0 Å². The third-order valence-corrected chi connectivity index (χ3v) is 6.34. The van der Waals surface area contributed by atoms with E-state index in [0.717, 1.165) is 34.3 Å². The molecular weight excluding hydrogens is 384 g/mol. The maximum Gasteiger partial charge on any atom is 0.324 e. The van der Waals surface area contributed by atoms with E-state index in [1.165, 1.54) is 0 Å². The van der Waals surface area contributed by atoms with Crippen molar-refractivity contribution in [1.82, 2.24) is 0 Å². The molecule has 0 aromatic heterocycles. The van der Waals surface area contributed by atoms with Gasteiger partial charge in [-0.25, -0.2) is 0 Å². The number of benzene rings is 2. The predicted octanol–water partition coefficient (Wildman–Crippen LogP) is 6.51. The molecule has 2 atom stereocenters. The molecule has 2 aromatic carbocycles. The molecule has 0 fully saturated rings. The zero-order valence-electron chi connectivity index (χ0n) is 19.0. The fourth-order valence-electron chi connectivity index (χ4n) is 4.88. The molecule has 0 N–H and O–H groups in total. The summed E-state index contributed by atoms with van der Waals surface area (Å²) in [6, 6.07) is 20.1. The van der Waals surface area contributed by atoms with Gasteiger partial charge in [-0.3, -0.25) is 9.59 Å². The van der Waals surface area contributed by atoms with Crippen LogP contribution in [0.3, 0.4) is 0 Å². The van der Waals surface area contributed by atoms with Gasteiger partial charge in [-0.1, -0.05) is 93.1 Å². The first-order chi connectivity index (χ1) is 15.0. The molecule has 0 spiro atoms. The van der Waals surface area contributed by atoms with Crippen molar-refractivity contribution >= 4 is 17.8 Å². The van der Waals surface area contributed by atoms with Gasteiger partial charge < -0.3 is 4.74 Å². The molecule has 0 saturated carbocycles. The lowest BCUT2D eigenvalue weighted by Crippen LogP contribution is -2.47. The van der Waals surface area contributed by atoms with Gasteiger partial charge in [0.05, 0.1) is 6.61 Å². The monoisotopic (exact) mass is 416 g/mol. The normalized spacial score (nSPS) is 22.6. The summed E-state index contributed by atoms with van der Waals surface area (Å²) in [7, 11) is 0. The number of ketones is 1. The standard InChI is InChI=1S/C28H32O3/c1-5-22-23(6-2)26(29)28(7-3,27(30)31-8-4)24(19-20-15-11-9-12-16-20)25(22)21-17-13-10-14-18-21/h9-19,25H,5-8H2,1-4H3/b24-19-. The van der Waals surface area contributed by atoms with Crippen LogP contribution in [0.25, 0.3) is 6.08 Å². The number of hydrogen-bond donors (Lipinski definition) is 0. The van der Waals surface area contributed by atoms with Gasteiger partial charge >= 0.3 is 5.97 Å². The van der Waals surface area contributed by atoms with Crippen molar-refractivity contribution in [3.63, 3.8) is 0 Å². The fourth-order valence-corrected chi connectivity index (χ4v) is 4.88. The molecule has 3 heteroatoms. The van der Waals surface area contributed by atoms with Crippen LogP contribution in [0, 0.1) is 5.41 Å². The van der Waals surface area contributed by atoms with Crippen LogP contribution in [0.5, 0.6) is 0 Å². The zero-order valence-corrected chi connectivity index (χ0v) is 19.0. The van der Waals surface area contributed by atoms with Crippen LogP contribution in [-0.4, -0.2) is 18.4 Å². The van der Waals surface area contributed by atoms with Crippen molar-refractivity contribution in [3.05, 3.63) is 88.5 Å². The number of carbonyl (C=O) groups is 2. The fraction of sp³-hybridized carbons (Fsp3) is 0.357. The summed E-state index contributed by atoms with van der Waals surface area (Å²) in [4.78, 5) is 27.5. The third kappa shape index (κ3) is 4.01. The lowest BCUT2D eigenvalue weighted by Gasteiger charge is -2.42. The highest BCUT2D eigenvalue weighted by Gasteiger charge is 2.55. The molecule has 1 aliphatic carbocycles. The minimum absolute atomic E-state index is 0.0952. The molecule has 162 valence electrons. The smallest absolute Gasteiger partial charge is 0.324 e. The van der Waals surface area contributed by atoms with E-state index in [2.05, 4.69) is 19.1 Å². The van der Waals surface area contributed by atoms with Gasteiger partial charge in [0.1, 0.15) is 0 Å². The van der Waals surface area contributed by atoms with Crippen LogP contribution in [-0.2, 0) is 14.3 Å². The molecule has 0 aliphatic heterocycles. The Morgan fingerprint density at radius 3 is 2.06 bits per heavy atom. The second-order valence-corrected chi connectivity index (χ2v) is 7.87. The number of ether oxygens (including phenoxy) is 1. The molecule has 3 nitrogen and oxygen atoms in total. The largest absolute Gasteiger partial charge is 0.465 e. The average Bonchev–Trinajstić information content (AvgIpc) is 2.80. The first-order valence-corrected chi connectivity index (χ1v) is 11.3. The predicted molar refractivity (Wildman–Crippen MR) is 126 cm³/mol. The van der Waals surface area contributed by atoms with E-state index in [9.17, 15) is 9.59 Å². The topological polar surface area (TPSA) is 43.4 Å². The van der Waals surface area contributed by atoms with E-state index in [0.29, 0.717) is 12.8 Å². The summed E-state index contributed by atoms with van der Waals surface area (Å²) < 4.78 is 5.54. The molecule has 0 saturated heterocycles. The van der Waals surface area contributed by atoms with Gasteiger partial charge in [0.2, 0.25) is 0 Å². The van der Waals surface area contributed by atoms with Crippen molar-refractivity contribution in [1.29, 1.82) is 0 Å². The van der Waals surface area contributed by atoms with Gasteiger partial charge in [0.15, 0.2) is 11.2 Å². The van der Waals surface area contributed by atoms with Gasteiger partial charge in [0, 0.05) is 5.92 Å². The second kappa shape index (κ2) is 9.91. The maximum absolute atomic E-state index is 14.0. The minimum Gasteiger partial charge on any atom is -0.465 e. The highest BCUT2D eigenvalue weighted by Crippen LogP contribution is 2.53. The molecule has 31 heavy (non-hydrogen) atoms. The van der Waals surface area contributed by atoms with E-state index in [1.54, 1.807) is 6.92 Å². The van der Waals surface area contributed by atoms with Gasteiger partial charge in [-0.05, 0) is 48.5 Å². The maximum atomic E-state index is 14.0. The van der Waals surface area contributed by atoms with Crippen LogP contribution in [0.15, 0.2) is 77.4 Å². The van der Waals surface area contributed by atoms with Crippen LogP contribution < -0.4 is 0 Å². The number of Topliss-reactive ketones (excluding diaryl/α,β-unsaturated/α-hetero) is 1. The molecule has 3 rings (SSSR count). The van der Waals surface area contributed by atoms with Gasteiger partial charge in [-0.15, -0.1) is 0 Å². The second-order valence-electron chi connectivity index (χ2n) is 7.87. The summed E-state index contributed by atoms with van der Waals surface area (Å²) in [5, 5.41) is 0. The van der Waals surface area contributed by atoms with E-state index in [4.69, 9.17) is 4.74 Å². The van der Waals surface area contributed by atoms with Crippen molar-refractivity contribution in [2.24, 2.45) is 5.41 Å². The van der Waals surface area contributed by atoms with Crippen molar-refractivity contribution in [2.45, 2.75) is 52.9 Å². The Labute approximate surface area is 185 Å². The lowest BCUT2D eigenvalue weighted by molar-refractivity contribution is -0.157. The number of allylic oxidation sites excluding steroid dienone is 2. The molecule has 1 aliphatic rings. The molecule has 0 radical (unpaired) electrons. The SMILES string of the molecule is CCOC(=O)C1(CC)C(=O)C(CC)=C(CC)C(c2ccccc2)/C1=C/c1ccccc1. The van der Waals surface area contributed by atoms with Crippen LogP contribution in [0.2, 0.25) is 0 Å². The summed E-state index contributed by atoms with van der Waals surface area (Å²) >= 11 is 0. The van der Waals surface area contributed by atoms with Crippen LogP contribution in [0.4, 0.5) is 0 Å².